The number of nitro benzene ring substituents is 2. The number of non-ortho nitro benzene ring substituents is 2. The SMILES string of the molecule is CCCCC(=CC(=O)c1ccc(O)cc1)NOc1ccc([N+](=O)[O-])cc1.CCCCC(=O)CC(=O)c1ccc(O)cc1.NOc1ccc([N+](=O)[O-])cc1. The predicted octanol–water partition coefficient (Wildman–Crippen LogP) is 7.71. The summed E-state index contributed by atoms with van der Waals surface area (Å²) >= 11 is 0. The molecule has 0 saturated heterocycles. The fourth-order valence-electron chi connectivity index (χ4n) is 4.18. The Hall–Kier alpha value is -6.61. The number of phenols is 2. The monoisotopic (exact) mass is 730 g/mol. The summed E-state index contributed by atoms with van der Waals surface area (Å²) < 4.78 is 0. The maximum Gasteiger partial charge on any atom is 0.269 e. The van der Waals surface area contributed by atoms with Crippen molar-refractivity contribution in [3.05, 3.63) is 140 Å². The van der Waals surface area contributed by atoms with Crippen molar-refractivity contribution in [3.8, 4) is 23.0 Å². The second-order valence-corrected chi connectivity index (χ2v) is 11.3. The van der Waals surface area contributed by atoms with Gasteiger partial charge in [0.05, 0.1) is 22.0 Å². The molecular weight excluding hydrogens is 688 g/mol. The summed E-state index contributed by atoms with van der Waals surface area (Å²) in [6, 6.07) is 23.1. The van der Waals surface area contributed by atoms with Gasteiger partial charge >= 0.3 is 0 Å². The van der Waals surface area contributed by atoms with Crippen LogP contribution in [0.15, 0.2) is 109 Å². The lowest BCUT2D eigenvalue weighted by atomic mass is 10.0. The lowest BCUT2D eigenvalue weighted by Crippen LogP contribution is -2.19. The Morgan fingerprint density at radius 2 is 1.15 bits per heavy atom. The van der Waals surface area contributed by atoms with Crippen molar-refractivity contribution in [2.45, 2.75) is 58.8 Å². The van der Waals surface area contributed by atoms with Gasteiger partial charge in [-0.3, -0.25) is 34.6 Å². The average molecular weight is 731 g/mol. The number of allylic oxidation sites excluding steroid dienone is 2. The van der Waals surface area contributed by atoms with Gasteiger partial charge in [-0.1, -0.05) is 26.7 Å². The minimum absolute atomic E-state index is 0.0140. The summed E-state index contributed by atoms with van der Waals surface area (Å²) in [6.07, 6.45) is 6.11. The Morgan fingerprint density at radius 1 is 0.698 bits per heavy atom. The zero-order valence-electron chi connectivity index (χ0n) is 29.3. The van der Waals surface area contributed by atoms with Gasteiger partial charge in [-0.15, -0.1) is 0 Å². The molecule has 5 N–H and O–H groups in total. The van der Waals surface area contributed by atoms with E-state index in [1.54, 1.807) is 12.1 Å². The van der Waals surface area contributed by atoms with Crippen molar-refractivity contribution in [2.75, 3.05) is 0 Å². The molecule has 0 aliphatic rings. The summed E-state index contributed by atoms with van der Waals surface area (Å²) in [6.45, 7) is 4.05. The van der Waals surface area contributed by atoms with Crippen LogP contribution >= 0.6 is 0 Å². The van der Waals surface area contributed by atoms with Gasteiger partial charge in [0.25, 0.3) is 11.4 Å². The molecule has 0 fully saturated rings. The number of nitrogens with two attached hydrogens (primary N) is 1. The number of carbonyl (C=O) groups is 3. The molecule has 15 heteroatoms. The molecule has 0 amide bonds. The van der Waals surface area contributed by atoms with E-state index in [1.807, 2.05) is 13.8 Å². The Morgan fingerprint density at radius 3 is 1.60 bits per heavy atom. The number of ketones is 3. The highest BCUT2D eigenvalue weighted by atomic mass is 16.6. The molecule has 0 aromatic heterocycles. The van der Waals surface area contributed by atoms with E-state index in [0.29, 0.717) is 41.2 Å². The number of carbonyl (C=O) groups excluding carboxylic acids is 3. The molecule has 0 saturated carbocycles. The van der Waals surface area contributed by atoms with E-state index in [9.17, 15) is 39.7 Å². The van der Waals surface area contributed by atoms with Crippen molar-refractivity contribution in [3.63, 3.8) is 0 Å². The summed E-state index contributed by atoms with van der Waals surface area (Å²) in [5, 5.41) is 39.2. The fourth-order valence-corrected chi connectivity index (χ4v) is 4.18. The van der Waals surface area contributed by atoms with Gasteiger partial charge in [-0.05, 0) is 92.1 Å². The third kappa shape index (κ3) is 16.3. The van der Waals surface area contributed by atoms with Gasteiger partial charge in [0.1, 0.15) is 23.0 Å². The molecule has 0 spiro atoms. The lowest BCUT2D eigenvalue weighted by Gasteiger charge is -2.11. The molecule has 280 valence electrons. The summed E-state index contributed by atoms with van der Waals surface area (Å²) in [5.41, 5.74) is 4.27. The number of nitrogens with zero attached hydrogens (tertiary/aromatic N) is 2. The van der Waals surface area contributed by atoms with E-state index in [-0.39, 0.29) is 46.6 Å². The normalized spacial score (nSPS) is 10.4. The predicted molar refractivity (Wildman–Crippen MR) is 196 cm³/mol. The number of hydrogen-bond acceptors (Lipinski definition) is 13. The average Bonchev–Trinajstić information content (AvgIpc) is 3.16. The number of phenolic OH excluding ortho intramolecular Hbond substituents is 2. The summed E-state index contributed by atoms with van der Waals surface area (Å²) in [4.78, 5) is 64.9. The maximum atomic E-state index is 12.3. The molecular formula is C38H42N4O11. The Labute approximate surface area is 305 Å². The van der Waals surface area contributed by atoms with Crippen LogP contribution in [-0.4, -0.2) is 37.4 Å². The van der Waals surface area contributed by atoms with Crippen molar-refractivity contribution in [2.24, 2.45) is 5.90 Å². The van der Waals surface area contributed by atoms with Crippen molar-refractivity contribution in [1.82, 2.24) is 5.48 Å². The lowest BCUT2D eigenvalue weighted by molar-refractivity contribution is -0.385. The summed E-state index contributed by atoms with van der Waals surface area (Å²) in [7, 11) is 0. The first kappa shape index (κ1) is 42.6. The second-order valence-electron chi connectivity index (χ2n) is 11.3. The second kappa shape index (κ2) is 23.0. The highest BCUT2D eigenvalue weighted by Gasteiger charge is 2.12. The molecule has 0 aliphatic carbocycles. The third-order valence-corrected chi connectivity index (χ3v) is 7.14. The van der Waals surface area contributed by atoms with E-state index in [1.165, 1.54) is 91.0 Å². The number of nitro groups is 2. The highest BCUT2D eigenvalue weighted by Crippen LogP contribution is 2.19. The number of aromatic hydroxyl groups is 2. The van der Waals surface area contributed by atoms with E-state index in [2.05, 4.69) is 10.3 Å². The first-order valence-electron chi connectivity index (χ1n) is 16.5. The van der Waals surface area contributed by atoms with Gasteiger partial charge in [0.2, 0.25) is 0 Å². The van der Waals surface area contributed by atoms with Gasteiger partial charge < -0.3 is 19.9 Å². The molecule has 0 unspecified atom stereocenters. The largest absolute Gasteiger partial charge is 0.508 e. The molecule has 0 heterocycles. The molecule has 4 rings (SSSR count). The zero-order valence-corrected chi connectivity index (χ0v) is 29.3. The Bertz CT molecular complexity index is 1810. The number of hydroxylamine groups is 1. The smallest absolute Gasteiger partial charge is 0.269 e. The van der Waals surface area contributed by atoms with Crippen molar-refractivity contribution in [1.29, 1.82) is 0 Å². The topological polar surface area (TPSA) is 234 Å². The van der Waals surface area contributed by atoms with Crippen LogP contribution in [0.2, 0.25) is 0 Å². The number of unbranched alkanes of at least 4 members (excludes halogenated alkanes) is 2. The van der Waals surface area contributed by atoms with Gasteiger partial charge in [0, 0.05) is 47.9 Å². The number of Topliss-reactive ketones (excluding diaryl/α,β-unsaturated/α-hetero) is 2. The third-order valence-electron chi connectivity index (χ3n) is 7.14. The standard InChI is InChI=1S/C19H20N2O5.C13H16O3.C6H6N2O3/c1-2-3-4-15(13-19(23)14-5-9-17(22)10-6-14)20-26-18-11-7-16(8-12-18)21(24)25;1-2-3-4-12(15)9-13(16)10-5-7-11(14)8-6-10;7-11-6-3-1-5(2-4-6)8(9)10/h5-13,20,22H,2-4H2,1H3;5-8,14H,2-4,9H2,1H3;1-4H,7H2. The van der Waals surface area contributed by atoms with E-state index in [4.69, 9.17) is 15.8 Å². The maximum absolute atomic E-state index is 12.3. The number of rotatable bonds is 17. The molecule has 0 bridgehead atoms. The first-order chi connectivity index (χ1) is 25.4. The summed E-state index contributed by atoms with van der Waals surface area (Å²) in [5.74, 6) is 5.41. The molecule has 15 nitrogen and oxygen atoms in total. The quantitative estimate of drug-likeness (QED) is 0.0268. The molecule has 4 aromatic carbocycles. The van der Waals surface area contributed by atoms with Crippen LogP contribution in [0.4, 0.5) is 11.4 Å². The Kier molecular flexibility index (Phi) is 18.4. The van der Waals surface area contributed by atoms with Crippen LogP contribution < -0.4 is 21.1 Å². The van der Waals surface area contributed by atoms with E-state index >= 15 is 0 Å². The first-order valence-corrected chi connectivity index (χ1v) is 16.5. The number of hydrogen-bond donors (Lipinski definition) is 4. The molecule has 53 heavy (non-hydrogen) atoms. The minimum atomic E-state index is -0.486. The van der Waals surface area contributed by atoms with Crippen LogP contribution in [0.5, 0.6) is 23.0 Å². The fraction of sp³-hybridized carbons (Fsp3) is 0.237. The van der Waals surface area contributed by atoms with Gasteiger partial charge in [0.15, 0.2) is 17.3 Å². The van der Waals surface area contributed by atoms with Crippen LogP contribution in [-0.2, 0) is 4.79 Å². The molecule has 4 aromatic rings. The molecule has 0 atom stereocenters. The number of nitrogens with one attached hydrogen (secondary N) is 1. The molecule has 0 radical (unpaired) electrons. The number of benzene rings is 4. The van der Waals surface area contributed by atoms with Crippen LogP contribution in [0.1, 0.15) is 79.5 Å². The van der Waals surface area contributed by atoms with E-state index < -0.39 is 9.85 Å². The van der Waals surface area contributed by atoms with Gasteiger partial charge in [-0.25, -0.2) is 5.48 Å². The van der Waals surface area contributed by atoms with Crippen LogP contribution in [0, 0.1) is 20.2 Å². The van der Waals surface area contributed by atoms with Crippen LogP contribution in [0.25, 0.3) is 0 Å². The van der Waals surface area contributed by atoms with Gasteiger partial charge in [-0.2, -0.15) is 5.90 Å². The Balaban J connectivity index is 0.000000305. The minimum Gasteiger partial charge on any atom is -0.508 e. The zero-order chi connectivity index (χ0) is 39.2. The van der Waals surface area contributed by atoms with E-state index in [0.717, 1.165) is 25.7 Å². The van der Waals surface area contributed by atoms with Crippen molar-refractivity contribution < 1.29 is 44.1 Å². The highest BCUT2D eigenvalue weighted by molar-refractivity contribution is 6.08. The van der Waals surface area contributed by atoms with Crippen molar-refractivity contribution >= 4 is 28.7 Å². The van der Waals surface area contributed by atoms with Crippen LogP contribution in [0.3, 0.4) is 0 Å². The molecule has 0 aliphatic heterocycles.